The fourth-order valence-corrected chi connectivity index (χ4v) is 2.18. The van der Waals surface area contributed by atoms with E-state index in [0.29, 0.717) is 18.4 Å². The van der Waals surface area contributed by atoms with Crippen LogP contribution in [-0.2, 0) is 19.0 Å². The lowest BCUT2D eigenvalue weighted by atomic mass is 10.0. The monoisotopic (exact) mass is 378 g/mol. The maximum Gasteiger partial charge on any atom is 0.416 e. The molecule has 0 fully saturated rings. The average molecular weight is 378 g/mol. The molecule has 0 saturated heterocycles. The molecule has 140 valence electrons. The van der Waals surface area contributed by atoms with Crippen LogP contribution in [0.4, 0.5) is 26.3 Å². The lowest BCUT2D eigenvalue weighted by Crippen LogP contribution is -2.14. The minimum atomic E-state index is -4.99. The molecule has 0 aliphatic carbocycles. The summed E-state index contributed by atoms with van der Waals surface area (Å²) in [6.07, 6.45) is -9.39. The molecule has 0 N–H and O–H groups in total. The van der Waals surface area contributed by atoms with Crippen LogP contribution in [0.3, 0.4) is 0 Å². The second-order valence-corrected chi connectivity index (χ2v) is 5.18. The van der Waals surface area contributed by atoms with E-state index in [0.717, 1.165) is 0 Å². The molecule has 0 aliphatic heterocycles. The van der Waals surface area contributed by atoms with E-state index in [4.69, 9.17) is 9.47 Å². The molecule has 0 atom stereocenters. The molecule has 0 amide bonds. The van der Waals surface area contributed by atoms with Crippen LogP contribution in [0.5, 0.6) is 11.5 Å². The minimum Gasteiger partial charge on any atom is -0.493 e. The van der Waals surface area contributed by atoms with Crippen LogP contribution >= 0.6 is 0 Å². The largest absolute Gasteiger partial charge is 0.493 e. The summed E-state index contributed by atoms with van der Waals surface area (Å²) in [6.45, 7) is -0.661. The van der Waals surface area contributed by atoms with Gasteiger partial charge >= 0.3 is 12.4 Å². The van der Waals surface area contributed by atoms with Crippen molar-refractivity contribution in [2.24, 2.45) is 0 Å². The van der Waals surface area contributed by atoms with Crippen LogP contribution in [0.25, 0.3) is 0 Å². The highest BCUT2D eigenvalue weighted by Crippen LogP contribution is 2.38. The second kappa shape index (κ2) is 7.27. The zero-order valence-corrected chi connectivity index (χ0v) is 13.2. The summed E-state index contributed by atoms with van der Waals surface area (Å²) in [4.78, 5) is 10.8. The van der Waals surface area contributed by atoms with Crippen molar-refractivity contribution in [1.82, 2.24) is 0 Å². The molecule has 0 heterocycles. The van der Waals surface area contributed by atoms with E-state index in [-0.39, 0.29) is 23.1 Å². The third kappa shape index (κ3) is 4.47. The van der Waals surface area contributed by atoms with Crippen molar-refractivity contribution < 1.29 is 40.6 Å². The van der Waals surface area contributed by atoms with E-state index < -0.39 is 35.6 Å². The van der Waals surface area contributed by atoms with Crippen LogP contribution in [0, 0.1) is 0 Å². The first-order chi connectivity index (χ1) is 12.1. The van der Waals surface area contributed by atoms with E-state index in [1.165, 1.54) is 25.3 Å². The van der Waals surface area contributed by atoms with Crippen molar-refractivity contribution in [2.75, 3.05) is 7.11 Å². The Balaban J connectivity index is 2.37. The van der Waals surface area contributed by atoms with Gasteiger partial charge < -0.3 is 9.47 Å². The van der Waals surface area contributed by atoms with Crippen molar-refractivity contribution in [3.8, 4) is 11.5 Å². The van der Waals surface area contributed by atoms with Crippen LogP contribution in [-0.4, -0.2) is 13.4 Å². The SMILES string of the molecule is COc1ccc(C=O)cc1OCc1ccc(C(F)(F)F)cc1C(F)(F)F. The molecule has 0 unspecified atom stereocenters. The summed E-state index contributed by atoms with van der Waals surface area (Å²) < 4.78 is 87.6. The number of hydrogen-bond acceptors (Lipinski definition) is 3. The first kappa shape index (κ1) is 19.6. The first-order valence-electron chi connectivity index (χ1n) is 7.09. The van der Waals surface area contributed by atoms with Crippen molar-refractivity contribution in [3.05, 3.63) is 58.7 Å². The zero-order valence-electron chi connectivity index (χ0n) is 13.2. The summed E-state index contributed by atoms with van der Waals surface area (Å²) in [5.74, 6) is 0.154. The highest BCUT2D eigenvalue weighted by molar-refractivity contribution is 5.76. The van der Waals surface area contributed by atoms with Gasteiger partial charge in [0.2, 0.25) is 0 Å². The average Bonchev–Trinajstić information content (AvgIpc) is 2.57. The summed E-state index contributed by atoms with van der Waals surface area (Å²) >= 11 is 0. The summed E-state index contributed by atoms with van der Waals surface area (Å²) in [5.41, 5.74) is -3.14. The van der Waals surface area contributed by atoms with Crippen molar-refractivity contribution in [1.29, 1.82) is 0 Å². The molecule has 0 radical (unpaired) electrons. The molecule has 26 heavy (non-hydrogen) atoms. The van der Waals surface area contributed by atoms with Gasteiger partial charge in [-0.15, -0.1) is 0 Å². The molecule has 2 rings (SSSR count). The van der Waals surface area contributed by atoms with Gasteiger partial charge in [-0.25, -0.2) is 0 Å². The predicted molar refractivity (Wildman–Crippen MR) is 79.2 cm³/mol. The van der Waals surface area contributed by atoms with E-state index in [2.05, 4.69) is 0 Å². The van der Waals surface area contributed by atoms with Gasteiger partial charge in [-0.3, -0.25) is 4.79 Å². The van der Waals surface area contributed by atoms with Gasteiger partial charge in [0.05, 0.1) is 18.2 Å². The van der Waals surface area contributed by atoms with Crippen LogP contribution in [0.2, 0.25) is 0 Å². The smallest absolute Gasteiger partial charge is 0.416 e. The topological polar surface area (TPSA) is 35.5 Å². The fourth-order valence-electron chi connectivity index (χ4n) is 2.18. The molecular weight excluding hydrogens is 366 g/mol. The lowest BCUT2D eigenvalue weighted by molar-refractivity contribution is -0.143. The molecule has 2 aromatic rings. The molecule has 0 aliphatic rings. The summed E-state index contributed by atoms with van der Waals surface area (Å²) in [6, 6.07) is 5.35. The van der Waals surface area contributed by atoms with Gasteiger partial charge in [0.1, 0.15) is 12.9 Å². The molecule has 0 saturated carbocycles. The number of aldehydes is 1. The predicted octanol–water partition coefficient (Wildman–Crippen LogP) is 5.12. The van der Waals surface area contributed by atoms with Crippen LogP contribution in [0.1, 0.15) is 27.0 Å². The maximum absolute atomic E-state index is 13.1. The highest BCUT2D eigenvalue weighted by atomic mass is 19.4. The van der Waals surface area contributed by atoms with E-state index in [9.17, 15) is 31.1 Å². The maximum atomic E-state index is 13.1. The van der Waals surface area contributed by atoms with Gasteiger partial charge in [-0.2, -0.15) is 26.3 Å². The number of rotatable bonds is 5. The van der Waals surface area contributed by atoms with Crippen molar-refractivity contribution >= 4 is 6.29 Å². The molecule has 0 spiro atoms. The van der Waals surface area contributed by atoms with Crippen molar-refractivity contribution in [3.63, 3.8) is 0 Å². The molecular formula is C17H12F6O3. The number of halogens is 6. The van der Waals surface area contributed by atoms with Gasteiger partial charge in [-0.05, 0) is 30.3 Å². The minimum absolute atomic E-state index is 0.00915. The number of alkyl halides is 6. The van der Waals surface area contributed by atoms with Crippen LogP contribution in [0.15, 0.2) is 36.4 Å². The number of ether oxygens (including phenoxy) is 2. The number of carbonyl (C=O) groups is 1. The molecule has 3 nitrogen and oxygen atoms in total. The van der Waals surface area contributed by atoms with Gasteiger partial charge in [-0.1, -0.05) is 6.07 Å². The van der Waals surface area contributed by atoms with Gasteiger partial charge in [0.15, 0.2) is 11.5 Å². The van der Waals surface area contributed by atoms with Crippen LogP contribution < -0.4 is 9.47 Å². The van der Waals surface area contributed by atoms with E-state index in [1.807, 2.05) is 0 Å². The Hall–Kier alpha value is -2.71. The first-order valence-corrected chi connectivity index (χ1v) is 7.09. The Kier molecular flexibility index (Phi) is 5.48. The Morgan fingerprint density at radius 3 is 2.15 bits per heavy atom. The fraction of sp³-hybridized carbons (Fsp3) is 0.235. The lowest BCUT2D eigenvalue weighted by Gasteiger charge is -2.17. The zero-order chi connectivity index (χ0) is 19.5. The third-order valence-electron chi connectivity index (χ3n) is 3.45. The highest BCUT2D eigenvalue weighted by Gasteiger charge is 2.38. The van der Waals surface area contributed by atoms with Gasteiger partial charge in [0.25, 0.3) is 0 Å². The molecule has 2 aromatic carbocycles. The molecule has 9 heteroatoms. The second-order valence-electron chi connectivity index (χ2n) is 5.18. The van der Waals surface area contributed by atoms with E-state index in [1.54, 1.807) is 0 Å². The van der Waals surface area contributed by atoms with Gasteiger partial charge in [0, 0.05) is 11.1 Å². The van der Waals surface area contributed by atoms with E-state index >= 15 is 0 Å². The molecule has 0 bridgehead atoms. The Bertz CT molecular complexity index is 796. The number of hydrogen-bond donors (Lipinski definition) is 0. The summed E-state index contributed by atoms with van der Waals surface area (Å²) in [5, 5.41) is 0. The number of carbonyl (C=O) groups excluding carboxylic acids is 1. The Morgan fingerprint density at radius 1 is 0.923 bits per heavy atom. The normalized spacial score (nSPS) is 12.0. The van der Waals surface area contributed by atoms with Crippen molar-refractivity contribution in [2.45, 2.75) is 19.0 Å². The molecule has 0 aromatic heterocycles. The third-order valence-corrected chi connectivity index (χ3v) is 3.45. The quantitative estimate of drug-likeness (QED) is 0.535. The Labute approximate surface area is 144 Å². The number of benzene rings is 2. The Morgan fingerprint density at radius 2 is 1.62 bits per heavy atom. The number of methoxy groups -OCH3 is 1. The summed E-state index contributed by atoms with van der Waals surface area (Å²) in [7, 11) is 1.29. The standard InChI is InChI=1S/C17H12F6O3/c1-25-14-5-2-10(8-24)6-15(14)26-9-11-3-4-12(16(18,19)20)7-13(11)17(21,22)23/h2-8H,9H2,1H3.